The fourth-order valence-corrected chi connectivity index (χ4v) is 3.00. The standard InChI is InChI=1S/C18H33NO3/c1-18(2)15-16(12-13-19(18)3)22-17(21)11-9-7-5-4-6-8-10-14-20/h14,16H,4-13,15H2,1-3H3. The van der Waals surface area contributed by atoms with Crippen molar-refractivity contribution in [1.29, 1.82) is 0 Å². The molecule has 4 nitrogen and oxygen atoms in total. The molecule has 0 aromatic heterocycles. The van der Waals surface area contributed by atoms with Crippen molar-refractivity contribution in [2.24, 2.45) is 0 Å². The first-order chi connectivity index (χ1) is 10.5. The number of piperidine rings is 1. The van der Waals surface area contributed by atoms with Crippen molar-refractivity contribution >= 4 is 12.3 Å². The minimum absolute atomic E-state index is 0.0358. The number of carbonyl (C=O) groups excluding carboxylic acids is 2. The van der Waals surface area contributed by atoms with Crippen LogP contribution in [0.5, 0.6) is 0 Å². The summed E-state index contributed by atoms with van der Waals surface area (Å²) >= 11 is 0. The molecular weight excluding hydrogens is 278 g/mol. The molecule has 1 aliphatic heterocycles. The Kier molecular flexibility index (Phi) is 8.69. The Balaban J connectivity index is 2.05. The van der Waals surface area contributed by atoms with Gasteiger partial charge in [0.2, 0.25) is 0 Å². The average molecular weight is 311 g/mol. The first-order valence-corrected chi connectivity index (χ1v) is 8.80. The minimum Gasteiger partial charge on any atom is -0.462 e. The maximum Gasteiger partial charge on any atom is 0.306 e. The van der Waals surface area contributed by atoms with Gasteiger partial charge in [-0.25, -0.2) is 0 Å². The summed E-state index contributed by atoms with van der Waals surface area (Å²) in [4.78, 5) is 24.4. The quantitative estimate of drug-likeness (QED) is 0.350. The molecule has 0 aliphatic carbocycles. The van der Waals surface area contributed by atoms with Crippen molar-refractivity contribution in [3.05, 3.63) is 0 Å². The molecule has 128 valence electrons. The van der Waals surface area contributed by atoms with Crippen LogP contribution < -0.4 is 0 Å². The summed E-state index contributed by atoms with van der Waals surface area (Å²) < 4.78 is 5.63. The van der Waals surface area contributed by atoms with Gasteiger partial charge in [-0.1, -0.05) is 25.7 Å². The van der Waals surface area contributed by atoms with E-state index in [1.807, 2.05) is 0 Å². The van der Waals surface area contributed by atoms with Crippen molar-refractivity contribution in [3.8, 4) is 0 Å². The van der Waals surface area contributed by atoms with Crippen LogP contribution in [0.4, 0.5) is 0 Å². The summed E-state index contributed by atoms with van der Waals surface area (Å²) in [5.74, 6) is -0.0358. The van der Waals surface area contributed by atoms with Gasteiger partial charge in [0.05, 0.1) is 0 Å². The molecule has 0 amide bonds. The monoisotopic (exact) mass is 311 g/mol. The Bertz CT molecular complexity index is 341. The molecular formula is C18H33NO3. The van der Waals surface area contributed by atoms with Gasteiger partial charge in [-0.05, 0) is 40.2 Å². The number of rotatable bonds is 10. The maximum absolute atomic E-state index is 11.9. The van der Waals surface area contributed by atoms with Gasteiger partial charge in [-0.2, -0.15) is 0 Å². The van der Waals surface area contributed by atoms with Gasteiger partial charge < -0.3 is 14.4 Å². The molecule has 1 rings (SSSR count). The van der Waals surface area contributed by atoms with Crippen molar-refractivity contribution in [3.63, 3.8) is 0 Å². The summed E-state index contributed by atoms with van der Waals surface area (Å²) in [5.41, 5.74) is 0.116. The molecule has 1 fully saturated rings. The van der Waals surface area contributed by atoms with Crippen molar-refractivity contribution in [2.45, 2.75) is 89.7 Å². The number of aldehydes is 1. The summed E-state index contributed by atoms with van der Waals surface area (Å²) in [6.45, 7) is 5.40. The highest BCUT2D eigenvalue weighted by molar-refractivity contribution is 5.69. The lowest BCUT2D eigenvalue weighted by atomic mass is 9.89. The summed E-state index contributed by atoms with van der Waals surface area (Å²) in [5, 5.41) is 0. The van der Waals surface area contributed by atoms with Gasteiger partial charge in [0, 0.05) is 31.3 Å². The highest BCUT2D eigenvalue weighted by Crippen LogP contribution is 2.28. The van der Waals surface area contributed by atoms with Gasteiger partial charge in [0.25, 0.3) is 0 Å². The number of hydrogen-bond donors (Lipinski definition) is 0. The second-order valence-electron chi connectivity index (χ2n) is 7.17. The molecule has 0 aromatic rings. The van der Waals surface area contributed by atoms with Crippen LogP contribution in [-0.4, -0.2) is 42.4 Å². The highest BCUT2D eigenvalue weighted by atomic mass is 16.5. The van der Waals surface area contributed by atoms with Crippen LogP contribution >= 0.6 is 0 Å². The molecule has 1 aliphatic rings. The molecule has 0 N–H and O–H groups in total. The fraction of sp³-hybridized carbons (Fsp3) is 0.889. The molecule has 1 unspecified atom stereocenters. The van der Waals surface area contributed by atoms with Crippen LogP contribution in [-0.2, 0) is 14.3 Å². The van der Waals surface area contributed by atoms with E-state index in [2.05, 4.69) is 25.8 Å². The average Bonchev–Trinajstić information content (AvgIpc) is 2.45. The minimum atomic E-state index is -0.0358. The Hall–Kier alpha value is -0.900. The first kappa shape index (κ1) is 19.1. The third-order valence-corrected chi connectivity index (χ3v) is 4.80. The van der Waals surface area contributed by atoms with E-state index in [4.69, 9.17) is 4.74 Å². The number of carbonyl (C=O) groups is 2. The van der Waals surface area contributed by atoms with Crippen molar-refractivity contribution < 1.29 is 14.3 Å². The second kappa shape index (κ2) is 9.98. The van der Waals surface area contributed by atoms with Crippen LogP contribution in [0.25, 0.3) is 0 Å². The number of nitrogens with zero attached hydrogens (tertiary/aromatic N) is 1. The smallest absolute Gasteiger partial charge is 0.306 e. The molecule has 0 aromatic carbocycles. The first-order valence-electron chi connectivity index (χ1n) is 8.80. The second-order valence-corrected chi connectivity index (χ2v) is 7.17. The number of unbranched alkanes of at least 4 members (excludes halogenated alkanes) is 6. The van der Waals surface area contributed by atoms with E-state index in [1.54, 1.807) is 0 Å². The molecule has 22 heavy (non-hydrogen) atoms. The Morgan fingerprint density at radius 2 is 1.82 bits per heavy atom. The molecule has 0 spiro atoms. The Labute approximate surface area is 135 Å². The molecule has 4 heteroatoms. The van der Waals surface area contributed by atoms with Crippen molar-refractivity contribution in [2.75, 3.05) is 13.6 Å². The number of hydrogen-bond acceptors (Lipinski definition) is 4. The molecule has 1 atom stereocenters. The van der Waals surface area contributed by atoms with E-state index >= 15 is 0 Å². The number of likely N-dealkylation sites (tertiary alicyclic amines) is 1. The molecule has 1 heterocycles. The van der Waals surface area contributed by atoms with Crippen molar-refractivity contribution in [1.82, 2.24) is 4.90 Å². The summed E-state index contributed by atoms with van der Waals surface area (Å²) in [6.07, 6.45) is 10.6. The third kappa shape index (κ3) is 7.39. The zero-order chi connectivity index (χ0) is 16.4. The molecule has 0 radical (unpaired) electrons. The van der Waals surface area contributed by atoms with E-state index in [0.717, 1.165) is 64.2 Å². The van der Waals surface area contributed by atoms with Gasteiger partial charge >= 0.3 is 5.97 Å². The number of esters is 1. The van der Waals surface area contributed by atoms with Crippen LogP contribution in [0.1, 0.15) is 78.1 Å². The summed E-state index contributed by atoms with van der Waals surface area (Å²) in [6, 6.07) is 0. The maximum atomic E-state index is 11.9. The lowest BCUT2D eigenvalue weighted by Gasteiger charge is -2.43. The van der Waals surface area contributed by atoms with Crippen LogP contribution in [0, 0.1) is 0 Å². The van der Waals surface area contributed by atoms with E-state index < -0.39 is 0 Å². The molecule has 0 saturated carbocycles. The van der Waals surface area contributed by atoms with E-state index in [9.17, 15) is 9.59 Å². The zero-order valence-electron chi connectivity index (χ0n) is 14.6. The normalized spacial score (nSPS) is 21.5. The van der Waals surface area contributed by atoms with E-state index in [0.29, 0.717) is 12.8 Å². The van der Waals surface area contributed by atoms with Crippen LogP contribution in [0.2, 0.25) is 0 Å². The van der Waals surface area contributed by atoms with Gasteiger partial charge in [-0.15, -0.1) is 0 Å². The topological polar surface area (TPSA) is 46.6 Å². The van der Waals surface area contributed by atoms with Crippen LogP contribution in [0.15, 0.2) is 0 Å². The molecule has 1 saturated heterocycles. The Morgan fingerprint density at radius 3 is 2.45 bits per heavy atom. The lowest BCUT2D eigenvalue weighted by molar-refractivity contribution is -0.153. The van der Waals surface area contributed by atoms with Gasteiger partial charge in [-0.3, -0.25) is 4.79 Å². The van der Waals surface area contributed by atoms with Gasteiger partial charge in [0.15, 0.2) is 0 Å². The third-order valence-electron chi connectivity index (χ3n) is 4.80. The summed E-state index contributed by atoms with van der Waals surface area (Å²) in [7, 11) is 2.13. The SMILES string of the molecule is CN1CCC(OC(=O)CCCCCCCCC=O)CC1(C)C. The highest BCUT2D eigenvalue weighted by Gasteiger charge is 2.33. The lowest BCUT2D eigenvalue weighted by Crippen LogP contribution is -2.50. The van der Waals surface area contributed by atoms with Gasteiger partial charge in [0.1, 0.15) is 12.4 Å². The predicted molar refractivity (Wildman–Crippen MR) is 88.8 cm³/mol. The van der Waals surface area contributed by atoms with E-state index in [1.165, 1.54) is 0 Å². The zero-order valence-corrected chi connectivity index (χ0v) is 14.6. The van der Waals surface area contributed by atoms with Crippen LogP contribution in [0.3, 0.4) is 0 Å². The predicted octanol–water partition coefficient (Wildman–Crippen LogP) is 3.72. The van der Waals surface area contributed by atoms with E-state index in [-0.39, 0.29) is 17.6 Å². The fourth-order valence-electron chi connectivity index (χ4n) is 3.00. The number of ether oxygens (including phenoxy) is 1. The Morgan fingerprint density at radius 1 is 1.18 bits per heavy atom. The largest absolute Gasteiger partial charge is 0.462 e. The molecule has 0 bridgehead atoms.